The molecule has 22 nitrogen and oxygen atoms in total. The van der Waals surface area contributed by atoms with Gasteiger partial charge in [-0.1, -0.05) is 144 Å². The molecule has 0 saturated carbocycles. The van der Waals surface area contributed by atoms with E-state index in [0.717, 1.165) is 0 Å². The minimum Gasteiger partial charge on any atom is -0.459 e. The summed E-state index contributed by atoms with van der Waals surface area (Å²) >= 11 is 3.06. The van der Waals surface area contributed by atoms with Gasteiger partial charge in [0.25, 0.3) is 11.8 Å². The zero-order valence-corrected chi connectivity index (χ0v) is 46.9. The van der Waals surface area contributed by atoms with Crippen LogP contribution < -0.4 is 16.9 Å². The van der Waals surface area contributed by atoms with Crippen molar-refractivity contribution >= 4 is 81.6 Å². The number of H-pyrrole nitrogens is 1. The van der Waals surface area contributed by atoms with Crippen molar-refractivity contribution in [2.24, 2.45) is 11.8 Å². The van der Waals surface area contributed by atoms with E-state index < -0.39 is 106 Å². The molecule has 6 N–H and O–H groups in total. The van der Waals surface area contributed by atoms with Crippen LogP contribution in [0.2, 0.25) is 0 Å². The number of rotatable bonds is 19. The first-order valence-corrected chi connectivity index (χ1v) is 27.8. The number of nitrogens with two attached hydrogens (primary N) is 2. The number of nitrogens with one attached hydrogen (secondary N) is 2. The highest BCUT2D eigenvalue weighted by molar-refractivity contribution is 8.01. The smallest absolute Gasteiger partial charge is 0.425 e. The van der Waals surface area contributed by atoms with Crippen molar-refractivity contribution in [3.63, 3.8) is 0 Å². The maximum Gasteiger partial charge on any atom is 0.425 e. The van der Waals surface area contributed by atoms with Gasteiger partial charge in [0.15, 0.2) is 24.2 Å². The number of hydrogen-bond donors (Lipinski definition) is 4. The van der Waals surface area contributed by atoms with Gasteiger partial charge in [0, 0.05) is 11.0 Å². The van der Waals surface area contributed by atoms with E-state index in [1.54, 1.807) is 102 Å². The Hall–Kier alpha value is -8.13. The van der Waals surface area contributed by atoms with Crippen molar-refractivity contribution < 1.29 is 57.2 Å². The molecule has 0 aliphatic carbocycles. The Kier molecular flexibility index (Phi) is 18.1. The highest BCUT2D eigenvalue weighted by Gasteiger charge is 2.56. The van der Waals surface area contributed by atoms with Crippen molar-refractivity contribution in [3.8, 4) is 0 Å². The molecule has 25 heteroatoms. The van der Waals surface area contributed by atoms with E-state index >= 15 is 0 Å². The Morgan fingerprint density at radius 2 is 1.30 bits per heavy atom. The number of amides is 3. The molecule has 418 valence electrons. The van der Waals surface area contributed by atoms with Crippen LogP contribution in [0, 0.1) is 5.92 Å². The average Bonchev–Trinajstić information content (AvgIpc) is 4.11. The number of tetrazole rings is 1. The number of carbonyl (C=O) groups excluding carboxylic acids is 7. The van der Waals surface area contributed by atoms with Crippen LogP contribution in [0.4, 0.5) is 9.80 Å². The summed E-state index contributed by atoms with van der Waals surface area (Å²) in [4.78, 5) is 106. The summed E-state index contributed by atoms with van der Waals surface area (Å²) in [5.41, 5.74) is 6.87. The third-order valence-electron chi connectivity index (χ3n) is 12.1. The van der Waals surface area contributed by atoms with Crippen LogP contribution in [0.25, 0.3) is 0 Å². The highest BCUT2D eigenvalue weighted by Crippen LogP contribution is 2.45. The second kappa shape index (κ2) is 24.9. The molecule has 0 spiro atoms. The number of fused-ring (bicyclic) bond motifs is 1. The number of aromatic nitrogens is 5. The highest BCUT2D eigenvalue weighted by atomic mass is 32.2. The van der Waals surface area contributed by atoms with Crippen molar-refractivity contribution in [1.82, 2.24) is 40.8 Å². The monoisotopic (exact) mass is 1150 g/mol. The minimum atomic E-state index is -2.04. The lowest BCUT2D eigenvalue weighted by atomic mass is 9.99. The van der Waals surface area contributed by atoms with Gasteiger partial charge in [0.1, 0.15) is 45.6 Å². The number of benzene rings is 4. The van der Waals surface area contributed by atoms with Crippen molar-refractivity contribution in [2.75, 3.05) is 18.1 Å². The fraction of sp³-hybridized carbons (Fsp3) is 0.327. The van der Waals surface area contributed by atoms with Gasteiger partial charge < -0.3 is 34.7 Å². The number of nitrogen functional groups attached to an aromatic ring is 1. The third-order valence-corrected chi connectivity index (χ3v) is 15.3. The molecule has 6 aromatic rings. The molecule has 2 aliphatic rings. The topological polar surface area (TPSA) is 304 Å². The molecule has 1 unspecified atom stereocenters. The Bertz CT molecular complexity index is 3150. The number of anilines is 1. The van der Waals surface area contributed by atoms with Gasteiger partial charge in [-0.25, -0.2) is 30.2 Å². The molecule has 4 heterocycles. The Balaban J connectivity index is 1.08. The van der Waals surface area contributed by atoms with E-state index in [-0.39, 0.29) is 26.6 Å². The van der Waals surface area contributed by atoms with Crippen LogP contribution in [0.3, 0.4) is 0 Å². The van der Waals surface area contributed by atoms with E-state index in [9.17, 15) is 33.6 Å². The lowest BCUT2D eigenvalue weighted by Gasteiger charge is -2.50. The lowest BCUT2D eigenvalue weighted by Crippen LogP contribution is -2.71. The predicted molar refractivity (Wildman–Crippen MR) is 294 cm³/mol. The number of nitrogens with zero attached hydrogens (tertiary/aromatic N) is 6. The Morgan fingerprint density at radius 1 is 0.775 bits per heavy atom. The van der Waals surface area contributed by atoms with Crippen molar-refractivity contribution in [3.05, 3.63) is 166 Å². The van der Waals surface area contributed by atoms with Crippen LogP contribution in [0.1, 0.15) is 104 Å². The summed E-state index contributed by atoms with van der Waals surface area (Å²) in [6, 6.07) is 32.3. The lowest BCUT2D eigenvalue weighted by molar-refractivity contribution is -0.173. The zero-order valence-electron chi connectivity index (χ0n) is 44.5. The molecule has 4 aromatic carbocycles. The number of carbonyl (C=O) groups is 7. The summed E-state index contributed by atoms with van der Waals surface area (Å²) in [6.07, 6.45) is -3.38. The molecule has 8 rings (SSSR count). The van der Waals surface area contributed by atoms with Crippen LogP contribution in [0.5, 0.6) is 0 Å². The van der Waals surface area contributed by atoms with Crippen LogP contribution in [0.15, 0.2) is 138 Å². The summed E-state index contributed by atoms with van der Waals surface area (Å²) in [5, 5.41) is 15.4. The average molecular weight is 1150 g/mol. The maximum atomic E-state index is 14.9. The number of thiazole rings is 1. The standard InChI is InChI=1S/C55H58N10O12S3/c1-30(79-52-60-62-63-61-52)36-29-78-47-38(46(67)64(47)39(36)50(70)75-42(33-24-16-10-17-25-33)34-26-18-11-19-27-34)58-44(66)40(37-43(56)80-45(59-37)51(71)77-55(5,6)7)65(57)53(72)73-28-35(49(69)76-54(2,3)4)48(68)74-41(31-20-12-8-13-21-31)32-22-14-9-15-23-32/h8-27,30,35,38,40-42,47H,28-29,56-57H2,1-7H3,(H,58,66)(H,60,61,62,63)/t30?,35-,38-,40-,47-/m1/s1. The Morgan fingerprint density at radius 3 is 1.80 bits per heavy atom. The van der Waals surface area contributed by atoms with Gasteiger partial charge in [0.05, 0.1) is 0 Å². The van der Waals surface area contributed by atoms with Crippen molar-refractivity contribution in [2.45, 2.75) is 99.7 Å². The molecule has 0 bridgehead atoms. The second-order valence-corrected chi connectivity index (χ2v) is 23.7. The molecule has 1 saturated heterocycles. The van der Waals surface area contributed by atoms with E-state index in [2.05, 4.69) is 30.9 Å². The van der Waals surface area contributed by atoms with Gasteiger partial charge in [-0.15, -0.1) is 22.0 Å². The normalized spacial score (nSPS) is 16.4. The largest absolute Gasteiger partial charge is 0.459 e. The first-order chi connectivity index (χ1) is 38.1. The third kappa shape index (κ3) is 13.8. The quantitative estimate of drug-likeness (QED) is 0.00926. The van der Waals surface area contributed by atoms with Gasteiger partial charge in [-0.05, 0) is 81.5 Å². The molecule has 3 amide bonds. The number of hydrogen-bond acceptors (Lipinski definition) is 21. The van der Waals surface area contributed by atoms with Gasteiger partial charge in [0.2, 0.25) is 10.2 Å². The second-order valence-electron chi connectivity index (χ2n) is 20.2. The minimum absolute atomic E-state index is 0.0622. The molecule has 80 heavy (non-hydrogen) atoms. The van der Waals surface area contributed by atoms with E-state index in [0.29, 0.717) is 44.2 Å². The summed E-state index contributed by atoms with van der Waals surface area (Å²) in [6.45, 7) is 10.4. The van der Waals surface area contributed by atoms with E-state index in [1.807, 2.05) is 67.6 Å². The van der Waals surface area contributed by atoms with E-state index in [1.165, 1.54) is 28.4 Å². The summed E-state index contributed by atoms with van der Waals surface area (Å²) in [5.74, 6) is -1.04. The summed E-state index contributed by atoms with van der Waals surface area (Å²) in [7, 11) is 0. The molecule has 2 aromatic heterocycles. The number of thioether (sulfide) groups is 2. The van der Waals surface area contributed by atoms with Crippen LogP contribution in [-0.2, 0) is 47.7 Å². The number of β-lactam (4-membered cyclic amide) rings is 1. The fourth-order valence-corrected chi connectivity index (χ4v) is 11.6. The van der Waals surface area contributed by atoms with Crippen LogP contribution in [-0.4, -0.2) is 118 Å². The Labute approximate surface area is 472 Å². The molecule has 5 atom stereocenters. The summed E-state index contributed by atoms with van der Waals surface area (Å²) < 4.78 is 29.0. The first kappa shape index (κ1) is 58.0. The van der Waals surface area contributed by atoms with E-state index in [4.69, 9.17) is 35.3 Å². The first-order valence-electron chi connectivity index (χ1n) is 25.0. The molecule has 2 aliphatic heterocycles. The predicted octanol–water partition coefficient (Wildman–Crippen LogP) is 7.01. The molecule has 0 radical (unpaired) electrons. The SMILES string of the molecule is CC(Sc1nn[nH]n1)C1=C(C(=O)OC(c2ccccc2)c2ccccc2)N2C(=O)[C@@H](NC(=O)[C@@H](c3nc(C(=O)OC(C)(C)C)sc3N)N(N)C(=O)OC[C@H](C(=O)OC(c3ccccc3)c3ccccc3)C(=O)OC(C)(C)C)[C@H]2SC1. The maximum absolute atomic E-state index is 14.9. The molecule has 1 fully saturated rings. The van der Waals surface area contributed by atoms with Crippen LogP contribution >= 0.6 is 34.9 Å². The fourth-order valence-electron chi connectivity index (χ4n) is 8.41. The zero-order chi connectivity index (χ0) is 57.5. The number of hydrazine groups is 1. The number of esters is 4. The molecular formula is C55H58N10O12S3. The number of aromatic amines is 1. The van der Waals surface area contributed by atoms with Gasteiger partial charge in [-0.2, -0.15) is 5.21 Å². The molecular weight excluding hydrogens is 1090 g/mol. The van der Waals surface area contributed by atoms with Gasteiger partial charge >= 0.3 is 30.0 Å². The van der Waals surface area contributed by atoms with Gasteiger partial charge in [-0.3, -0.25) is 24.1 Å². The number of ether oxygens (including phenoxy) is 5. The van der Waals surface area contributed by atoms with Crippen molar-refractivity contribution in [1.29, 1.82) is 0 Å².